The van der Waals surface area contributed by atoms with Crippen LogP contribution in [0.2, 0.25) is 0 Å². The Bertz CT molecular complexity index is 493. The maximum Gasteiger partial charge on any atom is 0.230 e. The predicted octanol–water partition coefficient (Wildman–Crippen LogP) is 1.21. The number of hydrogen-bond donors (Lipinski definition) is 2. The Labute approximate surface area is 119 Å². The van der Waals surface area contributed by atoms with E-state index >= 15 is 0 Å². The number of carbonyl (C=O) groups excluding carboxylic acids is 1. The molecule has 19 heavy (non-hydrogen) atoms. The van der Waals surface area contributed by atoms with Gasteiger partial charge in [0.05, 0.1) is 16.6 Å². The topological polar surface area (TPSA) is 72.9 Å². The molecule has 1 unspecified atom stereocenters. The first-order valence-electron chi connectivity index (χ1n) is 6.31. The molecule has 6 heteroatoms. The first-order valence-corrected chi connectivity index (χ1v) is 6.72. The summed E-state index contributed by atoms with van der Waals surface area (Å²) in [6.45, 7) is 8.24. The lowest BCUT2D eigenvalue weighted by Crippen LogP contribution is -2.40. The molecule has 0 spiro atoms. The van der Waals surface area contributed by atoms with Crippen LogP contribution in [0.3, 0.4) is 0 Å². The molecule has 1 rings (SSSR count). The van der Waals surface area contributed by atoms with E-state index in [1.807, 2.05) is 39.4 Å². The second-order valence-electron chi connectivity index (χ2n) is 5.11. The van der Waals surface area contributed by atoms with Gasteiger partial charge in [0.25, 0.3) is 0 Å². The summed E-state index contributed by atoms with van der Waals surface area (Å²) in [4.78, 5) is 12.4. The van der Waals surface area contributed by atoms with E-state index in [0.29, 0.717) is 6.54 Å². The standard InChI is InChI=1S/C13H22N4OS/c1-7(2)11(12(14)19)13(18)15-6-10-8(3)16-17(5)9(10)4/h7,11H,6H2,1-5H3,(H2,14,19)(H,15,18). The third-order valence-corrected chi connectivity index (χ3v) is 3.61. The van der Waals surface area contributed by atoms with Crippen molar-refractivity contribution >= 4 is 23.1 Å². The monoisotopic (exact) mass is 282 g/mol. The highest BCUT2D eigenvalue weighted by atomic mass is 32.1. The average Bonchev–Trinajstić information content (AvgIpc) is 2.50. The molecule has 5 nitrogen and oxygen atoms in total. The molecule has 3 N–H and O–H groups in total. The SMILES string of the molecule is Cc1nn(C)c(C)c1CNC(=O)C(C(N)=S)C(C)C. The number of aromatic nitrogens is 2. The Kier molecular flexibility index (Phi) is 5.05. The van der Waals surface area contributed by atoms with E-state index in [2.05, 4.69) is 10.4 Å². The van der Waals surface area contributed by atoms with Gasteiger partial charge in [-0.1, -0.05) is 26.1 Å². The molecule has 1 atom stereocenters. The fourth-order valence-corrected chi connectivity index (χ4v) is 2.50. The lowest BCUT2D eigenvalue weighted by atomic mass is 9.95. The molecule has 0 fully saturated rings. The summed E-state index contributed by atoms with van der Waals surface area (Å²) in [5.41, 5.74) is 8.65. The van der Waals surface area contributed by atoms with Gasteiger partial charge >= 0.3 is 0 Å². The van der Waals surface area contributed by atoms with E-state index in [-0.39, 0.29) is 16.8 Å². The molecule has 1 amide bonds. The normalized spacial score (nSPS) is 12.5. The molecule has 1 aromatic heterocycles. The van der Waals surface area contributed by atoms with Gasteiger partial charge in [0.2, 0.25) is 5.91 Å². The zero-order chi connectivity index (χ0) is 14.7. The first-order chi connectivity index (χ1) is 8.75. The highest BCUT2D eigenvalue weighted by Gasteiger charge is 2.25. The quantitative estimate of drug-likeness (QED) is 0.796. The number of carbonyl (C=O) groups is 1. The van der Waals surface area contributed by atoms with Crippen LogP contribution in [0.15, 0.2) is 0 Å². The van der Waals surface area contributed by atoms with Crippen LogP contribution in [0.4, 0.5) is 0 Å². The van der Waals surface area contributed by atoms with Crippen molar-refractivity contribution < 1.29 is 4.79 Å². The van der Waals surface area contributed by atoms with Gasteiger partial charge in [-0.05, 0) is 19.8 Å². The number of amides is 1. The summed E-state index contributed by atoms with van der Waals surface area (Å²) < 4.78 is 1.81. The van der Waals surface area contributed by atoms with Gasteiger partial charge in [0.15, 0.2) is 0 Å². The van der Waals surface area contributed by atoms with Gasteiger partial charge in [-0.25, -0.2) is 0 Å². The predicted molar refractivity (Wildman–Crippen MR) is 79.6 cm³/mol. The van der Waals surface area contributed by atoms with Crippen LogP contribution in [-0.4, -0.2) is 20.7 Å². The zero-order valence-corrected chi connectivity index (χ0v) is 13.0. The highest BCUT2D eigenvalue weighted by Crippen LogP contribution is 2.14. The second kappa shape index (κ2) is 6.14. The Morgan fingerprint density at radius 2 is 2.05 bits per heavy atom. The van der Waals surface area contributed by atoms with E-state index in [9.17, 15) is 4.79 Å². The van der Waals surface area contributed by atoms with E-state index in [1.54, 1.807) is 0 Å². The van der Waals surface area contributed by atoms with Gasteiger partial charge in [-0.2, -0.15) is 5.10 Å². The Balaban J connectivity index is 2.76. The molecule has 0 aromatic carbocycles. The average molecular weight is 282 g/mol. The fourth-order valence-electron chi connectivity index (χ4n) is 2.12. The minimum absolute atomic E-state index is 0.0913. The van der Waals surface area contributed by atoms with Crippen LogP contribution in [0, 0.1) is 25.7 Å². The van der Waals surface area contributed by atoms with Crippen molar-refractivity contribution in [2.45, 2.75) is 34.2 Å². The third kappa shape index (κ3) is 3.53. The number of nitrogens with two attached hydrogens (primary N) is 1. The Hall–Kier alpha value is -1.43. The molecule has 0 aliphatic heterocycles. The van der Waals surface area contributed by atoms with Crippen molar-refractivity contribution in [2.75, 3.05) is 0 Å². The summed E-state index contributed by atoms with van der Waals surface area (Å²) in [7, 11) is 1.89. The number of aryl methyl sites for hydroxylation is 2. The smallest absolute Gasteiger partial charge is 0.230 e. The maximum atomic E-state index is 12.1. The molecule has 0 saturated carbocycles. The fraction of sp³-hybridized carbons (Fsp3) is 0.615. The minimum Gasteiger partial charge on any atom is -0.393 e. The van der Waals surface area contributed by atoms with Crippen LogP contribution in [0.5, 0.6) is 0 Å². The molecule has 106 valence electrons. The molecule has 0 radical (unpaired) electrons. The van der Waals surface area contributed by atoms with Crippen LogP contribution < -0.4 is 11.1 Å². The second-order valence-corrected chi connectivity index (χ2v) is 5.59. The van der Waals surface area contributed by atoms with Crippen molar-refractivity contribution in [2.24, 2.45) is 24.6 Å². The first kappa shape index (κ1) is 15.6. The molecule has 0 saturated heterocycles. The summed E-state index contributed by atoms with van der Waals surface area (Å²) in [6.07, 6.45) is 0. The number of thiocarbonyl (C=S) groups is 1. The van der Waals surface area contributed by atoms with Crippen LogP contribution in [0.25, 0.3) is 0 Å². The minimum atomic E-state index is -0.424. The van der Waals surface area contributed by atoms with E-state index in [4.69, 9.17) is 18.0 Å². The molecule has 1 aromatic rings. The van der Waals surface area contributed by atoms with E-state index < -0.39 is 5.92 Å². The van der Waals surface area contributed by atoms with Crippen molar-refractivity contribution in [3.05, 3.63) is 17.0 Å². The Morgan fingerprint density at radius 1 is 1.47 bits per heavy atom. The van der Waals surface area contributed by atoms with Crippen LogP contribution in [0.1, 0.15) is 30.8 Å². The van der Waals surface area contributed by atoms with Gasteiger partial charge in [0, 0.05) is 24.8 Å². The van der Waals surface area contributed by atoms with Crippen molar-refractivity contribution in [1.82, 2.24) is 15.1 Å². The lowest BCUT2D eigenvalue weighted by Gasteiger charge is -2.18. The third-order valence-electron chi connectivity index (χ3n) is 3.35. The molecular weight excluding hydrogens is 260 g/mol. The maximum absolute atomic E-state index is 12.1. The number of nitrogens with zero attached hydrogens (tertiary/aromatic N) is 2. The summed E-state index contributed by atoms with van der Waals surface area (Å²) >= 11 is 4.96. The van der Waals surface area contributed by atoms with Gasteiger partial charge in [-0.3, -0.25) is 9.48 Å². The van der Waals surface area contributed by atoms with E-state index in [1.165, 1.54) is 0 Å². The van der Waals surface area contributed by atoms with Gasteiger partial charge < -0.3 is 11.1 Å². The molecular formula is C13H22N4OS. The molecule has 0 aliphatic carbocycles. The number of nitrogens with one attached hydrogen (secondary N) is 1. The number of rotatable bonds is 5. The number of hydrogen-bond acceptors (Lipinski definition) is 3. The van der Waals surface area contributed by atoms with Crippen molar-refractivity contribution in [1.29, 1.82) is 0 Å². The summed E-state index contributed by atoms with van der Waals surface area (Å²) in [6, 6.07) is 0. The van der Waals surface area contributed by atoms with Gasteiger partial charge in [0.1, 0.15) is 0 Å². The van der Waals surface area contributed by atoms with Crippen LogP contribution in [-0.2, 0) is 18.4 Å². The lowest BCUT2D eigenvalue weighted by molar-refractivity contribution is -0.124. The molecule has 1 heterocycles. The van der Waals surface area contributed by atoms with E-state index in [0.717, 1.165) is 17.0 Å². The van der Waals surface area contributed by atoms with Crippen molar-refractivity contribution in [3.63, 3.8) is 0 Å². The largest absolute Gasteiger partial charge is 0.393 e. The summed E-state index contributed by atoms with van der Waals surface area (Å²) in [5.74, 6) is -0.453. The van der Waals surface area contributed by atoms with Crippen molar-refractivity contribution in [3.8, 4) is 0 Å². The van der Waals surface area contributed by atoms with Gasteiger partial charge in [-0.15, -0.1) is 0 Å². The highest BCUT2D eigenvalue weighted by molar-refractivity contribution is 7.80. The zero-order valence-electron chi connectivity index (χ0n) is 12.2. The summed E-state index contributed by atoms with van der Waals surface area (Å²) in [5, 5.41) is 7.22. The van der Waals surface area contributed by atoms with Crippen LogP contribution >= 0.6 is 12.2 Å². The Morgan fingerprint density at radius 3 is 2.42 bits per heavy atom. The molecule has 0 bridgehead atoms. The molecule has 0 aliphatic rings.